The van der Waals surface area contributed by atoms with Gasteiger partial charge >= 0.3 is 6.29 Å². The number of nitriles is 1. The maximum absolute atomic E-state index is 13.2. The summed E-state index contributed by atoms with van der Waals surface area (Å²) in [5.74, 6) is -0.213. The summed E-state index contributed by atoms with van der Waals surface area (Å²) < 4.78 is 36.9. The van der Waals surface area contributed by atoms with Gasteiger partial charge in [-0.25, -0.2) is 0 Å². The normalized spacial score (nSPS) is 14.4. The number of aromatic nitrogens is 1. The number of ether oxygens (including phenoxy) is 2. The maximum atomic E-state index is 13.2. The number of alkyl halides is 2. The lowest BCUT2D eigenvalue weighted by Gasteiger charge is -2.06. The predicted octanol–water partition coefficient (Wildman–Crippen LogP) is 2.05. The van der Waals surface area contributed by atoms with Crippen molar-refractivity contribution in [2.75, 3.05) is 0 Å². The highest BCUT2D eigenvalue weighted by atomic mass is 19.3. The van der Waals surface area contributed by atoms with E-state index in [0.717, 1.165) is 0 Å². The molecular weight excluding hydrogens is 296 g/mol. The van der Waals surface area contributed by atoms with Gasteiger partial charge in [-0.15, -0.1) is 8.78 Å². The molecule has 0 spiro atoms. The molecule has 8 heteroatoms. The first-order valence-corrected chi connectivity index (χ1v) is 6.20. The summed E-state index contributed by atoms with van der Waals surface area (Å²) in [5, 5.41) is 11.6. The molecule has 2 heterocycles. The number of benzene rings is 1. The van der Waals surface area contributed by atoms with Crippen LogP contribution in [0, 0.1) is 11.3 Å². The second-order valence-electron chi connectivity index (χ2n) is 4.49. The van der Waals surface area contributed by atoms with E-state index in [0.29, 0.717) is 17.5 Å². The SMILES string of the molecule is N#Cc1cn(CNC=O)cc1-c1cccc2c1OC(F)(F)O2. The fourth-order valence-corrected chi connectivity index (χ4v) is 2.23. The first kappa shape index (κ1) is 13.9. The van der Waals surface area contributed by atoms with Gasteiger partial charge in [-0.2, -0.15) is 5.26 Å². The highest BCUT2D eigenvalue weighted by Gasteiger charge is 2.44. The van der Waals surface area contributed by atoms with Crippen molar-refractivity contribution in [1.82, 2.24) is 9.88 Å². The number of nitrogens with zero attached hydrogens (tertiary/aromatic N) is 2. The topological polar surface area (TPSA) is 76.3 Å². The number of halogens is 2. The summed E-state index contributed by atoms with van der Waals surface area (Å²) in [7, 11) is 0. The van der Waals surface area contributed by atoms with Gasteiger partial charge < -0.3 is 19.4 Å². The Morgan fingerprint density at radius 2 is 2.14 bits per heavy atom. The zero-order chi connectivity index (χ0) is 15.7. The Balaban J connectivity index is 2.06. The molecule has 0 radical (unpaired) electrons. The van der Waals surface area contributed by atoms with Gasteiger partial charge in [-0.05, 0) is 6.07 Å². The fourth-order valence-electron chi connectivity index (χ4n) is 2.23. The summed E-state index contributed by atoms with van der Waals surface area (Å²) >= 11 is 0. The number of fused-ring (bicyclic) bond motifs is 1. The molecular formula is C14H9F2N3O3. The predicted molar refractivity (Wildman–Crippen MR) is 70.0 cm³/mol. The maximum Gasteiger partial charge on any atom is 0.586 e. The first-order chi connectivity index (χ1) is 10.5. The molecule has 0 saturated heterocycles. The number of amides is 1. The number of nitrogens with one attached hydrogen (secondary N) is 1. The second kappa shape index (κ2) is 5.04. The van der Waals surface area contributed by atoms with Gasteiger partial charge in [0.05, 0.1) is 12.2 Å². The third-order valence-electron chi connectivity index (χ3n) is 3.08. The summed E-state index contributed by atoms with van der Waals surface area (Å²) in [5.41, 5.74) is 0.990. The number of para-hydroxylation sites is 1. The van der Waals surface area contributed by atoms with Crippen LogP contribution < -0.4 is 14.8 Å². The van der Waals surface area contributed by atoms with E-state index in [-0.39, 0.29) is 23.7 Å². The molecule has 1 aliphatic heterocycles. The highest BCUT2D eigenvalue weighted by molar-refractivity contribution is 5.78. The molecule has 0 unspecified atom stereocenters. The number of rotatable bonds is 4. The summed E-state index contributed by atoms with van der Waals surface area (Å²) in [4.78, 5) is 10.3. The number of carbonyl (C=O) groups is 1. The molecule has 6 nitrogen and oxygen atoms in total. The molecule has 1 N–H and O–H groups in total. The Bertz CT molecular complexity index is 780. The standard InChI is InChI=1S/C14H9F2N3O3/c15-14(16)21-12-3-1-2-10(13(12)22-14)11-6-19(7-18-8-20)5-9(11)4-17/h1-3,5-6,8H,7H2,(H,18,20). The van der Waals surface area contributed by atoms with Gasteiger partial charge in [0.1, 0.15) is 6.07 Å². The number of hydrogen-bond donors (Lipinski definition) is 1. The smallest absolute Gasteiger partial charge is 0.395 e. The lowest BCUT2D eigenvalue weighted by atomic mass is 10.0. The van der Waals surface area contributed by atoms with E-state index in [1.54, 1.807) is 16.8 Å². The lowest BCUT2D eigenvalue weighted by molar-refractivity contribution is -0.286. The van der Waals surface area contributed by atoms with Crippen LogP contribution in [-0.4, -0.2) is 17.3 Å². The average molecular weight is 305 g/mol. The van der Waals surface area contributed by atoms with Crippen LogP contribution >= 0.6 is 0 Å². The van der Waals surface area contributed by atoms with Crippen LogP contribution in [0.25, 0.3) is 11.1 Å². The Labute approximate surface area is 123 Å². The van der Waals surface area contributed by atoms with Gasteiger partial charge in [-0.3, -0.25) is 4.79 Å². The fraction of sp³-hybridized carbons (Fsp3) is 0.143. The van der Waals surface area contributed by atoms with Crippen molar-refractivity contribution in [2.45, 2.75) is 13.0 Å². The van der Waals surface area contributed by atoms with E-state index >= 15 is 0 Å². The molecule has 2 aromatic rings. The Morgan fingerprint density at radius 3 is 2.86 bits per heavy atom. The van der Waals surface area contributed by atoms with E-state index < -0.39 is 6.29 Å². The third kappa shape index (κ3) is 2.33. The second-order valence-corrected chi connectivity index (χ2v) is 4.49. The van der Waals surface area contributed by atoms with Gasteiger partial charge in [0, 0.05) is 23.5 Å². The van der Waals surface area contributed by atoms with E-state index in [9.17, 15) is 18.8 Å². The van der Waals surface area contributed by atoms with Crippen LogP contribution in [-0.2, 0) is 11.5 Å². The minimum Gasteiger partial charge on any atom is -0.395 e. The van der Waals surface area contributed by atoms with Crippen molar-refractivity contribution in [3.05, 3.63) is 36.2 Å². The highest BCUT2D eigenvalue weighted by Crippen LogP contribution is 2.47. The zero-order valence-corrected chi connectivity index (χ0v) is 11.0. The van der Waals surface area contributed by atoms with Gasteiger partial charge in [0.15, 0.2) is 11.5 Å². The van der Waals surface area contributed by atoms with Crippen molar-refractivity contribution in [2.24, 2.45) is 0 Å². The minimum absolute atomic E-state index is 0.0924. The summed E-state index contributed by atoms with van der Waals surface area (Å²) in [6.07, 6.45) is -0.153. The molecule has 3 rings (SSSR count). The van der Waals surface area contributed by atoms with Crippen molar-refractivity contribution < 1.29 is 23.0 Å². The summed E-state index contributed by atoms with van der Waals surface area (Å²) in [6.45, 7) is 0.153. The van der Waals surface area contributed by atoms with E-state index in [2.05, 4.69) is 14.8 Å². The van der Waals surface area contributed by atoms with E-state index in [1.165, 1.54) is 18.3 Å². The largest absolute Gasteiger partial charge is 0.586 e. The average Bonchev–Trinajstić information content (AvgIpc) is 3.03. The van der Waals surface area contributed by atoms with Gasteiger partial charge in [0.25, 0.3) is 0 Å². The van der Waals surface area contributed by atoms with E-state index in [4.69, 9.17) is 0 Å². The quantitative estimate of drug-likeness (QED) is 0.877. The van der Waals surface area contributed by atoms with Crippen LogP contribution in [0.3, 0.4) is 0 Å². The Morgan fingerprint density at radius 1 is 1.32 bits per heavy atom. The van der Waals surface area contributed by atoms with Gasteiger partial charge in [-0.1, -0.05) is 12.1 Å². The molecule has 1 aliphatic rings. The van der Waals surface area contributed by atoms with Crippen LogP contribution in [0.15, 0.2) is 30.6 Å². The molecule has 0 saturated carbocycles. The lowest BCUT2D eigenvalue weighted by Crippen LogP contribution is -2.26. The summed E-state index contributed by atoms with van der Waals surface area (Å²) in [6, 6.07) is 6.42. The molecule has 0 fully saturated rings. The number of carbonyl (C=O) groups excluding carboxylic acids is 1. The molecule has 22 heavy (non-hydrogen) atoms. The molecule has 112 valence electrons. The van der Waals surface area contributed by atoms with Crippen molar-refractivity contribution >= 4 is 6.41 Å². The molecule has 1 aromatic heterocycles. The first-order valence-electron chi connectivity index (χ1n) is 6.20. The zero-order valence-electron chi connectivity index (χ0n) is 11.0. The molecule has 0 aliphatic carbocycles. The van der Waals surface area contributed by atoms with Crippen LogP contribution in [0.4, 0.5) is 8.78 Å². The van der Waals surface area contributed by atoms with Crippen molar-refractivity contribution in [3.63, 3.8) is 0 Å². The van der Waals surface area contributed by atoms with Crippen molar-refractivity contribution in [1.29, 1.82) is 5.26 Å². The molecule has 0 bridgehead atoms. The molecule has 1 amide bonds. The Hall–Kier alpha value is -3.08. The Kier molecular flexibility index (Phi) is 3.18. The minimum atomic E-state index is -3.73. The van der Waals surface area contributed by atoms with Crippen LogP contribution in [0.1, 0.15) is 5.56 Å². The molecule has 0 atom stereocenters. The third-order valence-corrected chi connectivity index (χ3v) is 3.08. The van der Waals surface area contributed by atoms with Crippen molar-refractivity contribution in [3.8, 4) is 28.7 Å². The monoisotopic (exact) mass is 305 g/mol. The van der Waals surface area contributed by atoms with E-state index in [1.807, 2.05) is 6.07 Å². The van der Waals surface area contributed by atoms with Crippen LogP contribution in [0.5, 0.6) is 11.5 Å². The van der Waals surface area contributed by atoms with Crippen LogP contribution in [0.2, 0.25) is 0 Å². The molecule has 1 aromatic carbocycles. The van der Waals surface area contributed by atoms with Gasteiger partial charge in [0.2, 0.25) is 6.41 Å². The number of hydrogen-bond acceptors (Lipinski definition) is 4.